The van der Waals surface area contributed by atoms with Crippen LogP contribution in [-0.2, 0) is 24.8 Å². The fourth-order valence-corrected chi connectivity index (χ4v) is 5.96. The predicted octanol–water partition coefficient (Wildman–Crippen LogP) is 3.70. The van der Waals surface area contributed by atoms with Crippen molar-refractivity contribution in [3.63, 3.8) is 0 Å². The molecule has 0 radical (unpaired) electrons. The number of hydrogen-bond donors (Lipinski definition) is 2. The number of benzene rings is 3. The van der Waals surface area contributed by atoms with E-state index in [-0.39, 0.29) is 16.3 Å². The third kappa shape index (κ3) is 7.33. The van der Waals surface area contributed by atoms with Crippen LogP contribution in [0.25, 0.3) is 0 Å². The maximum Gasteiger partial charge on any atom is 0.262 e. The first-order valence-electron chi connectivity index (χ1n) is 11.8. The zero-order chi connectivity index (χ0) is 28.8. The van der Waals surface area contributed by atoms with Crippen molar-refractivity contribution in [2.45, 2.75) is 24.8 Å². The second kappa shape index (κ2) is 12.3. The van der Waals surface area contributed by atoms with Gasteiger partial charge in [-0.2, -0.15) is 0 Å². The van der Waals surface area contributed by atoms with Gasteiger partial charge in [-0.15, -0.1) is 0 Å². The summed E-state index contributed by atoms with van der Waals surface area (Å²) in [5.41, 5.74) is 0.771. The van der Waals surface area contributed by atoms with E-state index < -0.39 is 32.0 Å². The summed E-state index contributed by atoms with van der Waals surface area (Å²) in [5, 5.41) is 2.64. The standard InChI is InChI=1S/C26H31N3O8S2/c1-6-37-21-11-9-20(10-12-21)29(38(5,31)32)18(2)26(30)27-19-7-14-23(15-8-19)39(33,34)28-24-17-22(35-3)13-16-25(24)36-4/h7-18,28H,6H2,1-5H3,(H,27,30)/t18-/m0/s1. The second-order valence-corrected chi connectivity index (χ2v) is 11.9. The van der Waals surface area contributed by atoms with Gasteiger partial charge >= 0.3 is 0 Å². The normalized spacial score (nSPS) is 12.2. The first kappa shape index (κ1) is 29.6. The van der Waals surface area contributed by atoms with Gasteiger partial charge in [0.15, 0.2) is 0 Å². The van der Waals surface area contributed by atoms with E-state index in [1.54, 1.807) is 36.4 Å². The summed E-state index contributed by atoms with van der Waals surface area (Å²) in [4.78, 5) is 12.9. The van der Waals surface area contributed by atoms with E-state index in [0.29, 0.717) is 29.5 Å². The summed E-state index contributed by atoms with van der Waals surface area (Å²) in [5.74, 6) is 0.708. The Hall–Kier alpha value is -3.97. The van der Waals surface area contributed by atoms with Crippen LogP contribution in [0.2, 0.25) is 0 Å². The number of ether oxygens (including phenoxy) is 3. The van der Waals surface area contributed by atoms with Gasteiger partial charge in [0.25, 0.3) is 10.0 Å². The lowest BCUT2D eigenvalue weighted by Crippen LogP contribution is -2.45. The molecule has 0 aliphatic rings. The molecule has 0 heterocycles. The monoisotopic (exact) mass is 577 g/mol. The average Bonchev–Trinajstić information content (AvgIpc) is 2.89. The Morgan fingerprint density at radius 3 is 2.05 bits per heavy atom. The van der Waals surface area contributed by atoms with E-state index in [0.717, 1.165) is 10.6 Å². The lowest BCUT2D eigenvalue weighted by Gasteiger charge is -2.28. The topological polar surface area (TPSA) is 140 Å². The summed E-state index contributed by atoms with van der Waals surface area (Å²) in [6.07, 6.45) is 1.01. The maximum absolute atomic E-state index is 13.0. The number of nitrogens with zero attached hydrogens (tertiary/aromatic N) is 1. The number of carbonyl (C=O) groups is 1. The van der Waals surface area contributed by atoms with Crippen molar-refractivity contribution in [1.82, 2.24) is 0 Å². The fourth-order valence-electron chi connectivity index (χ4n) is 3.73. The highest BCUT2D eigenvalue weighted by atomic mass is 32.2. The van der Waals surface area contributed by atoms with Crippen LogP contribution in [0.3, 0.4) is 0 Å². The van der Waals surface area contributed by atoms with Crippen LogP contribution < -0.4 is 28.6 Å². The summed E-state index contributed by atoms with van der Waals surface area (Å²) in [6, 6.07) is 15.4. The number of hydrogen-bond acceptors (Lipinski definition) is 8. The third-order valence-electron chi connectivity index (χ3n) is 5.57. The highest BCUT2D eigenvalue weighted by Crippen LogP contribution is 2.31. The second-order valence-electron chi connectivity index (χ2n) is 8.35. The molecule has 39 heavy (non-hydrogen) atoms. The van der Waals surface area contributed by atoms with E-state index >= 15 is 0 Å². The maximum atomic E-state index is 13.0. The van der Waals surface area contributed by atoms with Crippen molar-refractivity contribution in [3.8, 4) is 17.2 Å². The Kier molecular flexibility index (Phi) is 9.30. The van der Waals surface area contributed by atoms with Crippen LogP contribution in [0.5, 0.6) is 17.2 Å². The number of methoxy groups -OCH3 is 2. The lowest BCUT2D eigenvalue weighted by atomic mass is 10.2. The van der Waals surface area contributed by atoms with Crippen molar-refractivity contribution >= 4 is 43.0 Å². The van der Waals surface area contributed by atoms with Gasteiger partial charge in [0.2, 0.25) is 15.9 Å². The van der Waals surface area contributed by atoms with Gasteiger partial charge in [-0.25, -0.2) is 16.8 Å². The molecule has 0 saturated carbocycles. The largest absolute Gasteiger partial charge is 0.497 e. The Bertz CT molecular complexity index is 1510. The van der Waals surface area contributed by atoms with Crippen LogP contribution >= 0.6 is 0 Å². The van der Waals surface area contributed by atoms with E-state index in [9.17, 15) is 21.6 Å². The fraction of sp³-hybridized carbons (Fsp3) is 0.269. The number of nitrogens with one attached hydrogen (secondary N) is 2. The molecule has 13 heteroatoms. The zero-order valence-corrected chi connectivity index (χ0v) is 23.8. The van der Waals surface area contributed by atoms with Crippen LogP contribution in [0.1, 0.15) is 13.8 Å². The van der Waals surface area contributed by atoms with Crippen molar-refractivity contribution < 1.29 is 35.8 Å². The molecule has 2 N–H and O–H groups in total. The summed E-state index contributed by atoms with van der Waals surface area (Å²) < 4.78 is 70.3. The minimum Gasteiger partial charge on any atom is -0.497 e. The highest BCUT2D eigenvalue weighted by Gasteiger charge is 2.29. The molecular weight excluding hydrogens is 546 g/mol. The molecule has 1 amide bonds. The van der Waals surface area contributed by atoms with Gasteiger partial charge in [0, 0.05) is 11.8 Å². The molecule has 0 aliphatic carbocycles. The van der Waals surface area contributed by atoms with Gasteiger partial charge in [-0.05, 0) is 74.5 Å². The molecule has 0 unspecified atom stereocenters. The summed E-state index contributed by atoms with van der Waals surface area (Å²) in [7, 11) is -4.95. The van der Waals surface area contributed by atoms with Crippen LogP contribution in [0.4, 0.5) is 17.1 Å². The number of anilines is 3. The van der Waals surface area contributed by atoms with Gasteiger partial charge in [0.05, 0.1) is 43.4 Å². The molecule has 0 aromatic heterocycles. The summed E-state index contributed by atoms with van der Waals surface area (Å²) in [6.45, 7) is 3.75. The first-order valence-corrected chi connectivity index (χ1v) is 15.1. The number of rotatable bonds is 12. The molecule has 210 valence electrons. The molecule has 11 nitrogen and oxygen atoms in total. The highest BCUT2D eigenvalue weighted by molar-refractivity contribution is 7.92. The number of amides is 1. The molecule has 0 aliphatic heterocycles. The molecule has 0 bridgehead atoms. The Labute approximate surface area is 228 Å². The molecular formula is C26H31N3O8S2. The van der Waals surface area contributed by atoms with Crippen LogP contribution in [0.15, 0.2) is 71.6 Å². The number of carbonyl (C=O) groups excluding carboxylic acids is 1. The molecule has 1 atom stereocenters. The quantitative estimate of drug-likeness (QED) is 0.332. The van der Waals surface area contributed by atoms with Crippen LogP contribution in [-0.4, -0.2) is 55.9 Å². The molecule has 3 aromatic rings. The van der Waals surface area contributed by atoms with Crippen molar-refractivity contribution in [3.05, 3.63) is 66.7 Å². The zero-order valence-electron chi connectivity index (χ0n) is 22.2. The third-order valence-corrected chi connectivity index (χ3v) is 8.20. The molecule has 3 aromatic carbocycles. The van der Waals surface area contributed by atoms with Gasteiger partial charge < -0.3 is 19.5 Å². The van der Waals surface area contributed by atoms with Crippen molar-refractivity contribution in [1.29, 1.82) is 0 Å². The van der Waals surface area contributed by atoms with Gasteiger partial charge in [-0.3, -0.25) is 13.8 Å². The van der Waals surface area contributed by atoms with Gasteiger partial charge in [-0.1, -0.05) is 0 Å². The van der Waals surface area contributed by atoms with Crippen LogP contribution in [0, 0.1) is 0 Å². The molecule has 0 saturated heterocycles. The van der Waals surface area contributed by atoms with E-state index in [1.807, 2.05) is 6.92 Å². The number of sulfonamides is 2. The van der Waals surface area contributed by atoms with Crippen molar-refractivity contribution in [2.24, 2.45) is 0 Å². The van der Waals surface area contributed by atoms with Gasteiger partial charge in [0.1, 0.15) is 23.3 Å². The minimum atomic E-state index is -4.01. The predicted molar refractivity (Wildman–Crippen MR) is 150 cm³/mol. The first-order chi connectivity index (χ1) is 18.4. The van der Waals surface area contributed by atoms with E-state index in [4.69, 9.17) is 14.2 Å². The summed E-state index contributed by atoms with van der Waals surface area (Å²) >= 11 is 0. The molecule has 0 fully saturated rings. The Morgan fingerprint density at radius 1 is 0.897 bits per heavy atom. The van der Waals surface area contributed by atoms with Crippen molar-refractivity contribution in [2.75, 3.05) is 41.4 Å². The van der Waals surface area contributed by atoms with E-state index in [1.165, 1.54) is 51.5 Å². The molecule has 3 rings (SSSR count). The van der Waals surface area contributed by atoms with E-state index in [2.05, 4.69) is 10.0 Å². The smallest absolute Gasteiger partial charge is 0.262 e. The minimum absolute atomic E-state index is 0.0643. The Balaban J connectivity index is 1.77. The molecule has 0 spiro atoms. The Morgan fingerprint density at radius 2 is 1.51 bits per heavy atom. The lowest BCUT2D eigenvalue weighted by molar-refractivity contribution is -0.116. The SMILES string of the molecule is CCOc1ccc(N([C@@H](C)C(=O)Nc2ccc(S(=O)(=O)Nc3cc(OC)ccc3OC)cc2)S(C)(=O)=O)cc1. The average molecular weight is 578 g/mol.